The number of fused-ring (bicyclic) bond motifs is 1. The molecule has 1 aliphatic carbocycles. The monoisotopic (exact) mass is 400 g/mol. The highest BCUT2D eigenvalue weighted by molar-refractivity contribution is 5.97. The predicted octanol–water partition coefficient (Wildman–Crippen LogP) is 2.87. The average molecular weight is 400 g/mol. The first-order valence-electron chi connectivity index (χ1n) is 10.5. The van der Waals surface area contributed by atoms with Crippen molar-refractivity contribution < 1.29 is 4.79 Å². The molecule has 2 saturated heterocycles. The number of nitriles is 1. The van der Waals surface area contributed by atoms with Crippen molar-refractivity contribution in [3.05, 3.63) is 59.6 Å². The number of nitrogens with zero attached hydrogens (tertiary/aromatic N) is 5. The van der Waals surface area contributed by atoms with E-state index in [1.54, 1.807) is 12.4 Å². The number of amides is 1. The Labute approximate surface area is 176 Å². The Morgan fingerprint density at radius 2 is 2.17 bits per heavy atom. The van der Waals surface area contributed by atoms with Gasteiger partial charge in [-0.3, -0.25) is 4.79 Å². The fourth-order valence-electron chi connectivity index (χ4n) is 5.05. The second-order valence-corrected chi connectivity index (χ2v) is 8.24. The topological polar surface area (TPSA) is 85.2 Å². The molecule has 1 unspecified atom stereocenters. The summed E-state index contributed by atoms with van der Waals surface area (Å²) in [6.45, 7) is 2.41. The first kappa shape index (κ1) is 18.6. The van der Waals surface area contributed by atoms with Gasteiger partial charge in [-0.05, 0) is 44.4 Å². The number of aromatic nitrogens is 2. The smallest absolute Gasteiger partial charge is 0.254 e. The fourth-order valence-corrected chi connectivity index (χ4v) is 5.05. The molecule has 152 valence electrons. The van der Waals surface area contributed by atoms with Crippen molar-refractivity contribution in [3.63, 3.8) is 0 Å². The third-order valence-electron chi connectivity index (χ3n) is 6.51. The summed E-state index contributed by atoms with van der Waals surface area (Å²) in [6.07, 6.45) is 17.4. The van der Waals surface area contributed by atoms with Crippen molar-refractivity contribution in [2.75, 3.05) is 29.9 Å². The van der Waals surface area contributed by atoms with Crippen LogP contribution in [0.2, 0.25) is 0 Å². The van der Waals surface area contributed by atoms with Gasteiger partial charge in [-0.2, -0.15) is 5.26 Å². The Morgan fingerprint density at radius 1 is 1.23 bits per heavy atom. The lowest BCUT2D eigenvalue weighted by molar-refractivity contribution is -0.130. The molecular formula is C23H24N6O. The summed E-state index contributed by atoms with van der Waals surface area (Å²) in [4.78, 5) is 26.8. The number of allylic oxidation sites excluding steroid dienone is 5. The lowest BCUT2D eigenvalue weighted by atomic mass is 9.94. The Hall–Kier alpha value is -3.40. The van der Waals surface area contributed by atoms with Crippen LogP contribution in [0.5, 0.6) is 0 Å². The maximum absolute atomic E-state index is 13.5. The molecule has 1 spiro atoms. The summed E-state index contributed by atoms with van der Waals surface area (Å²) in [5, 5.41) is 12.5. The van der Waals surface area contributed by atoms with Crippen LogP contribution in [0.1, 0.15) is 31.2 Å². The molecule has 1 aromatic rings. The molecule has 5 rings (SSSR count). The maximum atomic E-state index is 13.5. The molecule has 0 radical (unpaired) electrons. The van der Waals surface area contributed by atoms with Crippen molar-refractivity contribution in [1.29, 1.82) is 5.26 Å². The number of hydrogen-bond acceptors (Lipinski definition) is 6. The minimum atomic E-state index is -0.176. The zero-order valence-corrected chi connectivity index (χ0v) is 16.8. The minimum absolute atomic E-state index is 0.0305. The van der Waals surface area contributed by atoms with E-state index >= 15 is 0 Å². The molecule has 0 bridgehead atoms. The molecule has 1 atom stereocenters. The third kappa shape index (κ3) is 3.09. The normalized spacial score (nSPS) is 24.8. The Morgan fingerprint density at radius 3 is 3.07 bits per heavy atom. The predicted molar refractivity (Wildman–Crippen MR) is 115 cm³/mol. The van der Waals surface area contributed by atoms with Gasteiger partial charge in [-0.15, -0.1) is 0 Å². The second-order valence-electron chi connectivity index (χ2n) is 8.24. The van der Waals surface area contributed by atoms with E-state index in [-0.39, 0.29) is 11.4 Å². The standard InChI is InChI=1S/C23H24N6O/c24-14-17-5-1-2-6-18(13-17)22(30)29-11-4-8-23(29)9-12-28(15-23)21-19-7-3-10-25-20(19)26-16-27-21/h2-3,5-6,10,13,16H,1,4,7-9,11-12,15H2,(H,25,26,27). The van der Waals surface area contributed by atoms with Crippen LogP contribution >= 0.6 is 0 Å². The quantitative estimate of drug-likeness (QED) is 0.822. The van der Waals surface area contributed by atoms with Crippen LogP contribution < -0.4 is 10.2 Å². The zero-order valence-electron chi connectivity index (χ0n) is 16.8. The molecule has 7 nitrogen and oxygen atoms in total. The van der Waals surface area contributed by atoms with Crippen molar-refractivity contribution >= 4 is 17.5 Å². The first-order chi connectivity index (χ1) is 14.7. The molecule has 7 heteroatoms. The molecule has 3 aliphatic heterocycles. The molecule has 1 N–H and O–H groups in total. The lowest BCUT2D eigenvalue weighted by Gasteiger charge is -2.36. The average Bonchev–Trinajstić information content (AvgIpc) is 3.32. The number of likely N-dealkylation sites (tertiary alicyclic amines) is 1. The molecule has 0 saturated carbocycles. The van der Waals surface area contributed by atoms with Crippen molar-refractivity contribution in [3.8, 4) is 6.07 Å². The van der Waals surface area contributed by atoms with Crippen LogP contribution in [0.15, 0.2) is 54.1 Å². The number of hydrogen-bond donors (Lipinski definition) is 1. The van der Waals surface area contributed by atoms with Gasteiger partial charge in [0.15, 0.2) is 0 Å². The van der Waals surface area contributed by atoms with Gasteiger partial charge in [0.25, 0.3) is 5.91 Å². The van der Waals surface area contributed by atoms with Gasteiger partial charge >= 0.3 is 0 Å². The van der Waals surface area contributed by atoms with E-state index < -0.39 is 0 Å². The molecule has 2 fully saturated rings. The van der Waals surface area contributed by atoms with Crippen molar-refractivity contribution in [2.45, 2.75) is 37.6 Å². The van der Waals surface area contributed by atoms with E-state index in [1.165, 1.54) is 0 Å². The highest BCUT2D eigenvalue weighted by atomic mass is 16.2. The summed E-state index contributed by atoms with van der Waals surface area (Å²) in [7, 11) is 0. The van der Waals surface area contributed by atoms with E-state index in [0.717, 1.165) is 62.5 Å². The third-order valence-corrected chi connectivity index (χ3v) is 6.51. The van der Waals surface area contributed by atoms with E-state index in [2.05, 4.69) is 37.2 Å². The van der Waals surface area contributed by atoms with E-state index in [4.69, 9.17) is 0 Å². The van der Waals surface area contributed by atoms with Gasteiger partial charge in [0.1, 0.15) is 18.0 Å². The van der Waals surface area contributed by atoms with E-state index in [1.807, 2.05) is 24.4 Å². The summed E-state index contributed by atoms with van der Waals surface area (Å²) in [5.74, 6) is 1.87. The summed E-state index contributed by atoms with van der Waals surface area (Å²) in [5.41, 5.74) is 2.10. The molecule has 4 heterocycles. The highest BCUT2D eigenvalue weighted by Gasteiger charge is 2.49. The number of rotatable bonds is 2. The number of carbonyl (C=O) groups is 1. The molecule has 0 aromatic carbocycles. The SMILES string of the molecule is N#CC1=CCC=CC(C(=O)N2CCCC23CCN(c2ncnc4c2CC=CN4)C3)=C1. The second kappa shape index (κ2) is 7.45. The van der Waals surface area contributed by atoms with Crippen LogP contribution in [0.4, 0.5) is 11.6 Å². The van der Waals surface area contributed by atoms with E-state index in [0.29, 0.717) is 17.6 Å². The molecule has 30 heavy (non-hydrogen) atoms. The summed E-state index contributed by atoms with van der Waals surface area (Å²) >= 11 is 0. The number of nitrogens with one attached hydrogen (secondary N) is 1. The van der Waals surface area contributed by atoms with Gasteiger partial charge in [0.05, 0.1) is 11.6 Å². The maximum Gasteiger partial charge on any atom is 0.254 e. The van der Waals surface area contributed by atoms with Gasteiger partial charge in [0.2, 0.25) is 0 Å². The molecule has 1 amide bonds. The number of anilines is 2. The van der Waals surface area contributed by atoms with Crippen molar-refractivity contribution in [2.24, 2.45) is 0 Å². The van der Waals surface area contributed by atoms with Crippen LogP contribution in [0.25, 0.3) is 0 Å². The van der Waals surface area contributed by atoms with Crippen LogP contribution in [0.3, 0.4) is 0 Å². The minimum Gasteiger partial charge on any atom is -0.354 e. The molecule has 1 aromatic heterocycles. The Bertz CT molecular complexity index is 1050. The van der Waals surface area contributed by atoms with Crippen LogP contribution in [0, 0.1) is 11.3 Å². The summed E-state index contributed by atoms with van der Waals surface area (Å²) < 4.78 is 0. The van der Waals surface area contributed by atoms with Crippen LogP contribution in [-0.4, -0.2) is 45.9 Å². The Balaban J connectivity index is 1.41. The highest BCUT2D eigenvalue weighted by Crippen LogP contribution is 2.41. The first-order valence-corrected chi connectivity index (χ1v) is 10.5. The van der Waals surface area contributed by atoms with E-state index in [9.17, 15) is 10.1 Å². The van der Waals surface area contributed by atoms with Crippen molar-refractivity contribution in [1.82, 2.24) is 14.9 Å². The lowest BCUT2D eigenvalue weighted by Crippen LogP contribution is -2.49. The Kier molecular flexibility index (Phi) is 4.62. The van der Waals surface area contributed by atoms with Gasteiger partial charge in [0, 0.05) is 36.3 Å². The number of carbonyl (C=O) groups excluding carboxylic acids is 1. The summed E-state index contributed by atoms with van der Waals surface area (Å²) in [6, 6.07) is 2.18. The van der Waals surface area contributed by atoms with Crippen LogP contribution in [-0.2, 0) is 11.2 Å². The molecular weight excluding hydrogens is 376 g/mol. The van der Waals surface area contributed by atoms with Gasteiger partial charge in [-0.1, -0.05) is 24.3 Å². The van der Waals surface area contributed by atoms with Gasteiger partial charge < -0.3 is 15.1 Å². The van der Waals surface area contributed by atoms with Gasteiger partial charge in [-0.25, -0.2) is 9.97 Å². The fraction of sp³-hybridized carbons (Fsp3) is 0.391. The largest absolute Gasteiger partial charge is 0.354 e. The molecule has 4 aliphatic rings. The zero-order chi connectivity index (χ0) is 20.6.